The molecule has 8 nitrogen and oxygen atoms in total. The number of ether oxygens (including phenoxy) is 1. The standard InChI is InChI=1S/C19H32N4O4S/c1-11-8-21-19(26)22-18(11)28-15(10-27-3)17(25)20-9-12-4-5-14-13(6-12)7-16(24)23(14)2/h11-15,18H,4-10H2,1-3H3,(H,20,25)(H2,21,22,26). The van der Waals surface area contributed by atoms with E-state index in [1.54, 1.807) is 7.11 Å². The number of urea groups is 1. The van der Waals surface area contributed by atoms with E-state index in [0.29, 0.717) is 44.0 Å². The van der Waals surface area contributed by atoms with Gasteiger partial charge < -0.3 is 25.6 Å². The molecule has 0 aromatic rings. The van der Waals surface area contributed by atoms with E-state index in [9.17, 15) is 14.4 Å². The van der Waals surface area contributed by atoms with Crippen LogP contribution in [0, 0.1) is 17.8 Å². The summed E-state index contributed by atoms with van der Waals surface area (Å²) in [5.41, 5.74) is 0. The molecule has 6 unspecified atom stereocenters. The van der Waals surface area contributed by atoms with Crippen molar-refractivity contribution in [2.45, 2.75) is 49.3 Å². The molecule has 28 heavy (non-hydrogen) atoms. The van der Waals surface area contributed by atoms with Crippen LogP contribution in [0.2, 0.25) is 0 Å². The molecule has 2 saturated heterocycles. The Morgan fingerprint density at radius 1 is 1.39 bits per heavy atom. The summed E-state index contributed by atoms with van der Waals surface area (Å²) in [6, 6.07) is 0.182. The molecule has 158 valence electrons. The number of hydrogen-bond acceptors (Lipinski definition) is 5. The topological polar surface area (TPSA) is 99.8 Å². The molecule has 0 bridgehead atoms. The van der Waals surface area contributed by atoms with Gasteiger partial charge in [-0.1, -0.05) is 6.92 Å². The number of likely N-dealkylation sites (tertiary alicyclic amines) is 1. The highest BCUT2D eigenvalue weighted by Crippen LogP contribution is 2.38. The Bertz CT molecular complexity index is 604. The molecule has 3 N–H and O–H groups in total. The van der Waals surface area contributed by atoms with Gasteiger partial charge in [0.2, 0.25) is 11.8 Å². The van der Waals surface area contributed by atoms with E-state index in [4.69, 9.17) is 4.74 Å². The van der Waals surface area contributed by atoms with Gasteiger partial charge in [-0.2, -0.15) is 0 Å². The molecule has 6 atom stereocenters. The lowest BCUT2D eigenvalue weighted by Gasteiger charge is -2.34. The molecular weight excluding hydrogens is 380 g/mol. The second kappa shape index (κ2) is 9.35. The fourth-order valence-corrected chi connectivity index (χ4v) is 5.84. The van der Waals surface area contributed by atoms with Crippen molar-refractivity contribution >= 4 is 29.6 Å². The van der Waals surface area contributed by atoms with Gasteiger partial charge in [0.1, 0.15) is 5.25 Å². The first kappa shape index (κ1) is 21.2. The highest BCUT2D eigenvalue weighted by molar-refractivity contribution is 8.01. The fourth-order valence-electron chi connectivity index (χ4n) is 4.53. The highest BCUT2D eigenvalue weighted by atomic mass is 32.2. The largest absolute Gasteiger partial charge is 0.383 e. The number of rotatable bonds is 7. The summed E-state index contributed by atoms with van der Waals surface area (Å²) in [6.45, 7) is 3.58. The Balaban J connectivity index is 1.49. The summed E-state index contributed by atoms with van der Waals surface area (Å²) in [5, 5.41) is 8.26. The van der Waals surface area contributed by atoms with Crippen LogP contribution >= 0.6 is 11.8 Å². The third-order valence-electron chi connectivity index (χ3n) is 6.24. The number of hydrogen-bond donors (Lipinski definition) is 3. The first-order valence-electron chi connectivity index (χ1n) is 10.1. The molecule has 3 aliphatic rings. The summed E-state index contributed by atoms with van der Waals surface area (Å²) in [4.78, 5) is 38.2. The van der Waals surface area contributed by atoms with E-state index in [-0.39, 0.29) is 34.4 Å². The third-order valence-corrected chi connectivity index (χ3v) is 7.79. The number of methoxy groups -OCH3 is 1. The van der Waals surface area contributed by atoms with E-state index in [1.807, 2.05) is 18.9 Å². The van der Waals surface area contributed by atoms with E-state index in [2.05, 4.69) is 16.0 Å². The van der Waals surface area contributed by atoms with Crippen LogP contribution in [0.5, 0.6) is 0 Å². The summed E-state index contributed by atoms with van der Waals surface area (Å²) in [5.74, 6) is 1.25. The molecule has 0 spiro atoms. The van der Waals surface area contributed by atoms with Crippen LogP contribution in [-0.4, -0.2) is 73.3 Å². The number of carbonyl (C=O) groups is 3. The predicted octanol–water partition coefficient (Wildman–Crippen LogP) is 0.773. The fraction of sp³-hybridized carbons (Fsp3) is 0.842. The smallest absolute Gasteiger partial charge is 0.315 e. The predicted molar refractivity (Wildman–Crippen MR) is 108 cm³/mol. The van der Waals surface area contributed by atoms with Crippen LogP contribution in [0.3, 0.4) is 0 Å². The zero-order chi connectivity index (χ0) is 20.3. The van der Waals surface area contributed by atoms with Crippen LogP contribution in [-0.2, 0) is 14.3 Å². The van der Waals surface area contributed by atoms with Crippen LogP contribution < -0.4 is 16.0 Å². The highest BCUT2D eigenvalue weighted by Gasteiger charge is 2.41. The summed E-state index contributed by atoms with van der Waals surface area (Å²) >= 11 is 1.45. The van der Waals surface area contributed by atoms with Gasteiger partial charge in [0.25, 0.3) is 0 Å². The molecule has 0 radical (unpaired) electrons. The van der Waals surface area contributed by atoms with Crippen molar-refractivity contribution in [1.29, 1.82) is 0 Å². The molecule has 2 heterocycles. The number of nitrogens with zero attached hydrogens (tertiary/aromatic N) is 1. The van der Waals surface area contributed by atoms with Crippen molar-refractivity contribution in [3.63, 3.8) is 0 Å². The average molecular weight is 413 g/mol. The molecule has 4 amide bonds. The second-order valence-electron chi connectivity index (χ2n) is 8.29. The third kappa shape index (κ3) is 4.92. The monoisotopic (exact) mass is 412 g/mol. The molecule has 0 aromatic heterocycles. The lowest BCUT2D eigenvalue weighted by atomic mass is 9.78. The molecule has 9 heteroatoms. The zero-order valence-corrected chi connectivity index (χ0v) is 17.7. The summed E-state index contributed by atoms with van der Waals surface area (Å²) in [7, 11) is 3.49. The van der Waals surface area contributed by atoms with Gasteiger partial charge in [0.15, 0.2) is 0 Å². The van der Waals surface area contributed by atoms with Crippen molar-refractivity contribution in [2.24, 2.45) is 17.8 Å². The first-order valence-corrected chi connectivity index (χ1v) is 11.1. The summed E-state index contributed by atoms with van der Waals surface area (Å²) in [6.07, 6.45) is 3.68. The molecule has 0 aromatic carbocycles. The van der Waals surface area contributed by atoms with Gasteiger partial charge >= 0.3 is 6.03 Å². The molecular formula is C19H32N4O4S. The maximum absolute atomic E-state index is 12.8. The number of carbonyl (C=O) groups excluding carboxylic acids is 3. The second-order valence-corrected chi connectivity index (χ2v) is 9.64. The minimum Gasteiger partial charge on any atom is -0.383 e. The Kier molecular flexibility index (Phi) is 7.09. The SMILES string of the molecule is COCC(SC1NC(=O)NCC1C)C(=O)NCC1CCC2C(CC(=O)N2C)C1. The molecule has 2 aliphatic heterocycles. The Hall–Kier alpha value is -1.48. The zero-order valence-electron chi connectivity index (χ0n) is 16.9. The number of nitrogens with one attached hydrogen (secondary N) is 3. The van der Waals surface area contributed by atoms with E-state index < -0.39 is 0 Å². The van der Waals surface area contributed by atoms with Gasteiger partial charge in [-0.3, -0.25) is 9.59 Å². The van der Waals surface area contributed by atoms with Crippen molar-refractivity contribution < 1.29 is 19.1 Å². The Morgan fingerprint density at radius 3 is 2.93 bits per heavy atom. The average Bonchev–Trinajstić information content (AvgIpc) is 2.95. The van der Waals surface area contributed by atoms with E-state index in [0.717, 1.165) is 19.3 Å². The first-order chi connectivity index (χ1) is 13.4. The van der Waals surface area contributed by atoms with Gasteiger partial charge in [-0.15, -0.1) is 11.8 Å². The normalized spacial score (nSPS) is 33.7. The van der Waals surface area contributed by atoms with Crippen LogP contribution in [0.15, 0.2) is 0 Å². The number of amides is 4. The van der Waals surface area contributed by atoms with Crippen molar-refractivity contribution in [3.05, 3.63) is 0 Å². The summed E-state index contributed by atoms with van der Waals surface area (Å²) < 4.78 is 5.25. The minimum atomic E-state index is -0.369. The lowest BCUT2D eigenvalue weighted by molar-refractivity contribution is -0.127. The van der Waals surface area contributed by atoms with Gasteiger partial charge in [-0.05, 0) is 31.1 Å². The minimum absolute atomic E-state index is 0.0476. The van der Waals surface area contributed by atoms with Crippen molar-refractivity contribution in [1.82, 2.24) is 20.9 Å². The number of fused-ring (bicyclic) bond motifs is 1. The maximum Gasteiger partial charge on any atom is 0.315 e. The van der Waals surface area contributed by atoms with Crippen LogP contribution in [0.25, 0.3) is 0 Å². The van der Waals surface area contributed by atoms with Crippen molar-refractivity contribution in [2.75, 3.05) is 33.9 Å². The quantitative estimate of drug-likeness (QED) is 0.574. The number of thioether (sulfide) groups is 1. The van der Waals surface area contributed by atoms with Gasteiger partial charge in [0.05, 0.1) is 12.0 Å². The van der Waals surface area contributed by atoms with Crippen LogP contribution in [0.1, 0.15) is 32.6 Å². The Labute approximate surface area is 170 Å². The van der Waals surface area contributed by atoms with Crippen molar-refractivity contribution in [3.8, 4) is 0 Å². The molecule has 3 fully saturated rings. The van der Waals surface area contributed by atoms with E-state index in [1.165, 1.54) is 11.8 Å². The van der Waals surface area contributed by atoms with Gasteiger partial charge in [0, 0.05) is 45.6 Å². The maximum atomic E-state index is 12.8. The van der Waals surface area contributed by atoms with E-state index >= 15 is 0 Å². The van der Waals surface area contributed by atoms with Crippen LogP contribution in [0.4, 0.5) is 4.79 Å². The molecule has 3 rings (SSSR count). The molecule has 1 saturated carbocycles. The van der Waals surface area contributed by atoms with Gasteiger partial charge in [-0.25, -0.2) is 4.79 Å². The lowest BCUT2D eigenvalue weighted by Crippen LogP contribution is -2.54. The molecule has 1 aliphatic carbocycles. The Morgan fingerprint density at radius 2 is 2.18 bits per heavy atom.